The standard InChI is InChI=1S/C18H23N3O5/c1-11(19-12(2)22)16(23)20-14-7-5-6-13(10-14)17(24)21-9-4-3-8-15(21)18(25)26/h5-7,10-11,15H,3-4,8-9H2,1-2H3,(H,19,22)(H,20,23)(H,25,26). The molecule has 2 rings (SSSR count). The van der Waals surface area contributed by atoms with Crippen LogP contribution < -0.4 is 10.6 Å². The fourth-order valence-corrected chi connectivity index (χ4v) is 2.95. The van der Waals surface area contributed by atoms with E-state index in [2.05, 4.69) is 10.6 Å². The summed E-state index contributed by atoms with van der Waals surface area (Å²) < 4.78 is 0. The minimum Gasteiger partial charge on any atom is -0.480 e. The largest absolute Gasteiger partial charge is 0.480 e. The van der Waals surface area contributed by atoms with Gasteiger partial charge >= 0.3 is 5.97 Å². The van der Waals surface area contributed by atoms with Crippen LogP contribution in [0.25, 0.3) is 0 Å². The Labute approximate surface area is 151 Å². The van der Waals surface area contributed by atoms with Crippen LogP contribution in [0.5, 0.6) is 0 Å². The van der Waals surface area contributed by atoms with Crippen LogP contribution in [-0.2, 0) is 14.4 Å². The van der Waals surface area contributed by atoms with Crippen molar-refractivity contribution in [3.8, 4) is 0 Å². The van der Waals surface area contributed by atoms with E-state index in [-0.39, 0.29) is 11.8 Å². The molecule has 26 heavy (non-hydrogen) atoms. The number of likely N-dealkylation sites (tertiary alicyclic amines) is 1. The highest BCUT2D eigenvalue weighted by atomic mass is 16.4. The van der Waals surface area contributed by atoms with Gasteiger partial charge in [-0.3, -0.25) is 14.4 Å². The molecule has 1 aromatic carbocycles. The van der Waals surface area contributed by atoms with Crippen LogP contribution >= 0.6 is 0 Å². The number of piperidine rings is 1. The molecule has 1 aromatic rings. The van der Waals surface area contributed by atoms with E-state index >= 15 is 0 Å². The molecule has 0 aliphatic carbocycles. The van der Waals surface area contributed by atoms with Crippen molar-refractivity contribution in [3.63, 3.8) is 0 Å². The van der Waals surface area contributed by atoms with Crippen molar-refractivity contribution in [2.24, 2.45) is 0 Å². The summed E-state index contributed by atoms with van der Waals surface area (Å²) in [4.78, 5) is 48.6. The van der Waals surface area contributed by atoms with Gasteiger partial charge in [-0.25, -0.2) is 4.79 Å². The number of nitrogens with one attached hydrogen (secondary N) is 2. The summed E-state index contributed by atoms with van der Waals surface area (Å²) in [6.07, 6.45) is 1.98. The Morgan fingerprint density at radius 3 is 2.62 bits per heavy atom. The third kappa shape index (κ3) is 4.81. The fourth-order valence-electron chi connectivity index (χ4n) is 2.95. The molecule has 1 fully saturated rings. The number of anilines is 1. The number of aliphatic carboxylic acids is 1. The first-order valence-corrected chi connectivity index (χ1v) is 8.51. The summed E-state index contributed by atoms with van der Waals surface area (Å²) >= 11 is 0. The number of nitrogens with zero attached hydrogens (tertiary/aromatic N) is 1. The zero-order chi connectivity index (χ0) is 19.3. The van der Waals surface area contributed by atoms with Crippen LogP contribution in [0.2, 0.25) is 0 Å². The van der Waals surface area contributed by atoms with Crippen molar-refractivity contribution >= 4 is 29.4 Å². The molecule has 2 atom stereocenters. The van der Waals surface area contributed by atoms with E-state index in [4.69, 9.17) is 0 Å². The van der Waals surface area contributed by atoms with Crippen LogP contribution in [-0.4, -0.2) is 52.3 Å². The van der Waals surface area contributed by atoms with Gasteiger partial charge in [0, 0.05) is 24.7 Å². The third-order valence-electron chi connectivity index (χ3n) is 4.24. The van der Waals surface area contributed by atoms with Crippen LogP contribution in [0.15, 0.2) is 24.3 Å². The van der Waals surface area contributed by atoms with E-state index in [0.29, 0.717) is 24.2 Å². The van der Waals surface area contributed by atoms with Gasteiger partial charge in [0.25, 0.3) is 5.91 Å². The van der Waals surface area contributed by atoms with Crippen LogP contribution in [0.3, 0.4) is 0 Å². The van der Waals surface area contributed by atoms with Gasteiger partial charge in [-0.05, 0) is 44.4 Å². The summed E-state index contributed by atoms with van der Waals surface area (Å²) in [7, 11) is 0. The second-order valence-corrected chi connectivity index (χ2v) is 6.34. The van der Waals surface area contributed by atoms with E-state index in [1.54, 1.807) is 25.1 Å². The number of carbonyl (C=O) groups is 4. The second kappa shape index (κ2) is 8.46. The number of hydrogen-bond donors (Lipinski definition) is 3. The van der Waals surface area contributed by atoms with Crippen LogP contribution in [0.1, 0.15) is 43.5 Å². The highest BCUT2D eigenvalue weighted by Crippen LogP contribution is 2.21. The molecule has 1 aliphatic heterocycles. The fraction of sp³-hybridized carbons (Fsp3) is 0.444. The molecule has 0 aromatic heterocycles. The SMILES string of the molecule is CC(=O)NC(C)C(=O)Nc1cccc(C(=O)N2CCCCC2C(=O)O)c1. The summed E-state index contributed by atoms with van der Waals surface area (Å²) in [6.45, 7) is 3.27. The Kier molecular flexibility index (Phi) is 6.32. The topological polar surface area (TPSA) is 116 Å². The van der Waals surface area contributed by atoms with Gasteiger partial charge in [0.2, 0.25) is 11.8 Å². The van der Waals surface area contributed by atoms with E-state index in [0.717, 1.165) is 12.8 Å². The average Bonchev–Trinajstić information content (AvgIpc) is 2.60. The Balaban J connectivity index is 2.12. The number of rotatable bonds is 5. The molecule has 8 heteroatoms. The molecule has 2 unspecified atom stereocenters. The number of amides is 3. The molecule has 3 amide bonds. The smallest absolute Gasteiger partial charge is 0.326 e. The predicted molar refractivity (Wildman–Crippen MR) is 94.7 cm³/mol. The number of carboxylic acid groups (broad SMARTS) is 1. The molecule has 1 saturated heterocycles. The van der Waals surface area contributed by atoms with Gasteiger partial charge in [0.15, 0.2) is 0 Å². The van der Waals surface area contributed by atoms with Crippen molar-refractivity contribution in [1.82, 2.24) is 10.2 Å². The Morgan fingerprint density at radius 1 is 1.23 bits per heavy atom. The van der Waals surface area contributed by atoms with Crippen molar-refractivity contribution in [3.05, 3.63) is 29.8 Å². The van der Waals surface area contributed by atoms with Gasteiger partial charge in [0.05, 0.1) is 0 Å². The van der Waals surface area contributed by atoms with E-state index < -0.39 is 24.0 Å². The number of benzene rings is 1. The lowest BCUT2D eigenvalue weighted by molar-refractivity contribution is -0.143. The molecule has 0 radical (unpaired) electrons. The van der Waals surface area contributed by atoms with Gasteiger partial charge in [-0.15, -0.1) is 0 Å². The number of carboxylic acids is 1. The second-order valence-electron chi connectivity index (χ2n) is 6.34. The maximum absolute atomic E-state index is 12.7. The minimum atomic E-state index is -1.01. The molecule has 1 heterocycles. The average molecular weight is 361 g/mol. The molecule has 8 nitrogen and oxygen atoms in total. The minimum absolute atomic E-state index is 0.308. The Morgan fingerprint density at radius 2 is 1.96 bits per heavy atom. The first-order chi connectivity index (χ1) is 12.3. The van der Waals surface area contributed by atoms with Crippen LogP contribution in [0.4, 0.5) is 5.69 Å². The quantitative estimate of drug-likeness (QED) is 0.729. The first kappa shape index (κ1) is 19.4. The molecule has 1 aliphatic rings. The van der Waals surface area contributed by atoms with Gasteiger partial charge in [-0.1, -0.05) is 6.07 Å². The monoisotopic (exact) mass is 361 g/mol. The Bertz CT molecular complexity index is 719. The summed E-state index contributed by atoms with van der Waals surface area (Å²) in [6, 6.07) is 4.79. The first-order valence-electron chi connectivity index (χ1n) is 8.51. The van der Waals surface area contributed by atoms with Gasteiger partial charge < -0.3 is 20.6 Å². The molecule has 0 saturated carbocycles. The maximum Gasteiger partial charge on any atom is 0.326 e. The van der Waals surface area contributed by atoms with Crippen molar-refractivity contribution in [2.75, 3.05) is 11.9 Å². The summed E-state index contributed by atoms with van der Waals surface area (Å²) in [5.41, 5.74) is 0.713. The van der Waals surface area contributed by atoms with Crippen molar-refractivity contribution in [2.45, 2.75) is 45.2 Å². The van der Waals surface area contributed by atoms with Crippen molar-refractivity contribution in [1.29, 1.82) is 0 Å². The van der Waals surface area contributed by atoms with E-state index in [9.17, 15) is 24.3 Å². The Hall–Kier alpha value is -2.90. The van der Waals surface area contributed by atoms with E-state index in [1.807, 2.05) is 0 Å². The van der Waals surface area contributed by atoms with Gasteiger partial charge in [0.1, 0.15) is 12.1 Å². The molecular formula is C18H23N3O5. The lowest BCUT2D eigenvalue weighted by Gasteiger charge is -2.33. The normalized spacial score (nSPS) is 17.9. The zero-order valence-corrected chi connectivity index (χ0v) is 14.8. The molecule has 0 bridgehead atoms. The lowest BCUT2D eigenvalue weighted by Crippen LogP contribution is -2.48. The summed E-state index contributed by atoms with van der Waals surface area (Å²) in [5.74, 6) is -2.11. The van der Waals surface area contributed by atoms with Crippen LogP contribution in [0, 0.1) is 0 Å². The van der Waals surface area contributed by atoms with Gasteiger partial charge in [-0.2, -0.15) is 0 Å². The predicted octanol–water partition coefficient (Wildman–Crippen LogP) is 1.23. The molecule has 0 spiro atoms. The maximum atomic E-state index is 12.7. The van der Waals surface area contributed by atoms with E-state index in [1.165, 1.54) is 17.9 Å². The molecule has 140 valence electrons. The third-order valence-corrected chi connectivity index (χ3v) is 4.24. The molecular weight excluding hydrogens is 338 g/mol. The zero-order valence-electron chi connectivity index (χ0n) is 14.8. The highest BCUT2D eigenvalue weighted by Gasteiger charge is 2.32. The summed E-state index contributed by atoms with van der Waals surface area (Å²) in [5, 5.41) is 14.4. The highest BCUT2D eigenvalue weighted by molar-refractivity contribution is 6.00. The lowest BCUT2D eigenvalue weighted by atomic mass is 10.0. The van der Waals surface area contributed by atoms with Crippen molar-refractivity contribution < 1.29 is 24.3 Å². The molecule has 3 N–H and O–H groups in total. The number of carbonyl (C=O) groups excluding carboxylic acids is 3. The number of hydrogen-bond acceptors (Lipinski definition) is 4.